The van der Waals surface area contributed by atoms with Gasteiger partial charge in [0.05, 0.1) is 11.4 Å². The van der Waals surface area contributed by atoms with Crippen LogP contribution in [-0.2, 0) is 10.0 Å². The fourth-order valence-corrected chi connectivity index (χ4v) is 5.07. The van der Waals surface area contributed by atoms with Gasteiger partial charge in [-0.15, -0.1) is 0 Å². The Balaban J connectivity index is 1.63. The zero-order chi connectivity index (χ0) is 21.0. The van der Waals surface area contributed by atoms with Crippen LogP contribution < -0.4 is 10.1 Å². The SMILES string of the molecule is Cc1cc(C)cc(OCCNC(=O)c2cc(S(=O)(=O)N3CCCC3)ccc2C)c1. The number of nitrogens with one attached hydrogen (secondary N) is 1. The summed E-state index contributed by atoms with van der Waals surface area (Å²) in [5.41, 5.74) is 3.35. The van der Waals surface area contributed by atoms with Crippen molar-refractivity contribution < 1.29 is 17.9 Å². The number of sulfonamides is 1. The Kier molecular flexibility index (Phi) is 6.59. The summed E-state index contributed by atoms with van der Waals surface area (Å²) in [7, 11) is -3.55. The van der Waals surface area contributed by atoms with Gasteiger partial charge in [-0.2, -0.15) is 4.31 Å². The highest BCUT2D eigenvalue weighted by Crippen LogP contribution is 2.23. The second-order valence-electron chi connectivity index (χ2n) is 7.52. The monoisotopic (exact) mass is 416 g/mol. The van der Waals surface area contributed by atoms with Crippen LogP contribution in [0.4, 0.5) is 0 Å². The van der Waals surface area contributed by atoms with E-state index in [1.54, 1.807) is 19.1 Å². The topological polar surface area (TPSA) is 75.7 Å². The van der Waals surface area contributed by atoms with Crippen LogP contribution in [0, 0.1) is 20.8 Å². The lowest BCUT2D eigenvalue weighted by atomic mass is 10.1. The molecule has 6 nitrogen and oxygen atoms in total. The van der Waals surface area contributed by atoms with E-state index in [2.05, 4.69) is 11.4 Å². The molecule has 0 spiro atoms. The van der Waals surface area contributed by atoms with Gasteiger partial charge in [-0.3, -0.25) is 4.79 Å². The van der Waals surface area contributed by atoms with Gasteiger partial charge in [-0.1, -0.05) is 12.1 Å². The smallest absolute Gasteiger partial charge is 0.251 e. The molecular formula is C22H28N2O4S. The van der Waals surface area contributed by atoms with Gasteiger partial charge >= 0.3 is 0 Å². The lowest BCUT2D eigenvalue weighted by Gasteiger charge is -2.17. The summed E-state index contributed by atoms with van der Waals surface area (Å²) < 4.78 is 32.7. The van der Waals surface area contributed by atoms with E-state index in [4.69, 9.17) is 4.74 Å². The van der Waals surface area contributed by atoms with Gasteiger partial charge in [0.15, 0.2) is 0 Å². The Hall–Kier alpha value is -2.38. The molecule has 1 fully saturated rings. The van der Waals surface area contributed by atoms with Gasteiger partial charge in [0.1, 0.15) is 12.4 Å². The highest BCUT2D eigenvalue weighted by atomic mass is 32.2. The summed E-state index contributed by atoms with van der Waals surface area (Å²) in [6.45, 7) is 7.54. The predicted molar refractivity (Wildman–Crippen MR) is 113 cm³/mol. The maximum absolute atomic E-state index is 12.8. The number of amides is 1. The summed E-state index contributed by atoms with van der Waals surface area (Å²) in [6, 6.07) is 10.7. The molecule has 3 rings (SSSR count). The quantitative estimate of drug-likeness (QED) is 0.704. The third kappa shape index (κ3) is 5.16. The van der Waals surface area contributed by atoms with E-state index in [1.165, 1.54) is 10.4 Å². The average Bonchev–Trinajstić information content (AvgIpc) is 3.20. The Bertz CT molecular complexity index is 976. The van der Waals surface area contributed by atoms with Crippen LogP contribution in [0.5, 0.6) is 5.75 Å². The molecule has 1 saturated heterocycles. The minimum absolute atomic E-state index is 0.168. The molecule has 156 valence electrons. The van der Waals surface area contributed by atoms with Crippen LogP contribution in [0.3, 0.4) is 0 Å². The molecule has 1 N–H and O–H groups in total. The zero-order valence-corrected chi connectivity index (χ0v) is 18.0. The maximum Gasteiger partial charge on any atom is 0.251 e. The first-order chi connectivity index (χ1) is 13.8. The molecule has 0 bridgehead atoms. The number of rotatable bonds is 7. The number of carbonyl (C=O) groups is 1. The summed E-state index contributed by atoms with van der Waals surface area (Å²) in [5, 5.41) is 2.82. The molecule has 0 unspecified atom stereocenters. The lowest BCUT2D eigenvalue weighted by Crippen LogP contribution is -2.30. The van der Waals surface area contributed by atoms with Gasteiger partial charge in [0, 0.05) is 18.7 Å². The van der Waals surface area contributed by atoms with E-state index in [9.17, 15) is 13.2 Å². The molecule has 1 heterocycles. The van der Waals surface area contributed by atoms with E-state index < -0.39 is 10.0 Å². The lowest BCUT2D eigenvalue weighted by molar-refractivity contribution is 0.0946. The first-order valence-electron chi connectivity index (χ1n) is 9.87. The van der Waals surface area contributed by atoms with E-state index >= 15 is 0 Å². The van der Waals surface area contributed by atoms with Gasteiger partial charge in [-0.25, -0.2) is 8.42 Å². The molecule has 1 aliphatic rings. The number of aryl methyl sites for hydroxylation is 3. The third-order valence-electron chi connectivity index (χ3n) is 5.01. The molecule has 0 radical (unpaired) electrons. The van der Waals surface area contributed by atoms with E-state index in [0.29, 0.717) is 31.8 Å². The van der Waals surface area contributed by atoms with Crippen molar-refractivity contribution >= 4 is 15.9 Å². The summed E-state index contributed by atoms with van der Waals surface area (Å²) in [6.07, 6.45) is 1.75. The fourth-order valence-electron chi connectivity index (χ4n) is 3.53. The Morgan fingerprint density at radius 3 is 2.34 bits per heavy atom. The highest BCUT2D eigenvalue weighted by Gasteiger charge is 2.28. The van der Waals surface area contributed by atoms with Crippen molar-refractivity contribution in [2.75, 3.05) is 26.2 Å². The highest BCUT2D eigenvalue weighted by molar-refractivity contribution is 7.89. The molecule has 0 aromatic heterocycles. The van der Waals surface area contributed by atoms with Crippen molar-refractivity contribution in [2.45, 2.75) is 38.5 Å². The summed E-state index contributed by atoms with van der Waals surface area (Å²) in [4.78, 5) is 12.8. The van der Waals surface area contributed by atoms with E-state index in [1.807, 2.05) is 26.0 Å². The maximum atomic E-state index is 12.8. The van der Waals surface area contributed by atoms with Crippen LogP contribution in [0.25, 0.3) is 0 Å². The van der Waals surface area contributed by atoms with E-state index in [0.717, 1.165) is 35.3 Å². The Labute approximate surface area is 172 Å². The standard InChI is InChI=1S/C22H28N2O4S/c1-16-12-17(2)14-19(13-16)28-11-8-23-22(25)21-15-20(7-6-18(21)3)29(26,27)24-9-4-5-10-24/h6-7,12-15H,4-5,8-11H2,1-3H3,(H,23,25). The summed E-state index contributed by atoms with van der Waals surface area (Å²) >= 11 is 0. The normalized spacial score (nSPS) is 14.7. The van der Waals surface area contributed by atoms with Crippen LogP contribution in [-0.4, -0.2) is 44.9 Å². The zero-order valence-electron chi connectivity index (χ0n) is 17.2. The number of carbonyl (C=O) groups excluding carboxylic acids is 1. The number of benzene rings is 2. The first kappa shape index (κ1) is 21.3. The van der Waals surface area contributed by atoms with Crippen molar-refractivity contribution in [3.05, 3.63) is 58.7 Å². The van der Waals surface area contributed by atoms with E-state index in [-0.39, 0.29) is 10.8 Å². The van der Waals surface area contributed by atoms with Gasteiger partial charge in [-0.05, 0) is 74.6 Å². The van der Waals surface area contributed by atoms with Crippen molar-refractivity contribution in [2.24, 2.45) is 0 Å². The Morgan fingerprint density at radius 1 is 1.03 bits per heavy atom. The average molecular weight is 417 g/mol. The Morgan fingerprint density at radius 2 is 1.69 bits per heavy atom. The molecule has 2 aromatic rings. The van der Waals surface area contributed by atoms with Crippen LogP contribution >= 0.6 is 0 Å². The molecule has 0 atom stereocenters. The molecular weight excluding hydrogens is 388 g/mol. The molecule has 1 aliphatic heterocycles. The predicted octanol–water partition coefficient (Wildman–Crippen LogP) is 3.21. The van der Waals surface area contributed by atoms with Crippen LogP contribution in [0.1, 0.15) is 39.9 Å². The molecule has 2 aromatic carbocycles. The number of hydrogen-bond donors (Lipinski definition) is 1. The number of hydrogen-bond acceptors (Lipinski definition) is 4. The molecule has 1 amide bonds. The van der Waals surface area contributed by atoms with Crippen molar-refractivity contribution in [1.82, 2.24) is 9.62 Å². The second-order valence-corrected chi connectivity index (χ2v) is 9.45. The number of nitrogens with zero attached hydrogens (tertiary/aromatic N) is 1. The summed E-state index contributed by atoms with van der Waals surface area (Å²) in [5.74, 6) is 0.469. The van der Waals surface area contributed by atoms with Crippen LogP contribution in [0.2, 0.25) is 0 Å². The minimum Gasteiger partial charge on any atom is -0.492 e. The first-order valence-corrected chi connectivity index (χ1v) is 11.3. The molecule has 29 heavy (non-hydrogen) atoms. The van der Waals surface area contributed by atoms with Crippen molar-refractivity contribution in [1.29, 1.82) is 0 Å². The molecule has 0 saturated carbocycles. The van der Waals surface area contributed by atoms with Gasteiger partial charge < -0.3 is 10.1 Å². The van der Waals surface area contributed by atoms with Crippen LogP contribution in [0.15, 0.2) is 41.3 Å². The van der Waals surface area contributed by atoms with Gasteiger partial charge in [0.2, 0.25) is 10.0 Å². The second kappa shape index (κ2) is 8.97. The van der Waals surface area contributed by atoms with Crippen molar-refractivity contribution in [3.63, 3.8) is 0 Å². The fraction of sp³-hybridized carbons (Fsp3) is 0.409. The van der Waals surface area contributed by atoms with Crippen molar-refractivity contribution in [3.8, 4) is 5.75 Å². The largest absolute Gasteiger partial charge is 0.492 e. The van der Waals surface area contributed by atoms with Gasteiger partial charge in [0.25, 0.3) is 5.91 Å². The minimum atomic E-state index is -3.55. The molecule has 0 aliphatic carbocycles. The number of ether oxygens (including phenoxy) is 1. The third-order valence-corrected chi connectivity index (χ3v) is 6.90. The molecule has 7 heteroatoms.